The molecule has 2 aliphatic heterocycles. The number of benzene rings is 3. The van der Waals surface area contributed by atoms with Crippen molar-refractivity contribution in [2.45, 2.75) is 17.7 Å². The van der Waals surface area contributed by atoms with Crippen LogP contribution in [0.25, 0.3) is 10.8 Å². The van der Waals surface area contributed by atoms with Gasteiger partial charge in [0.05, 0.1) is 16.3 Å². The van der Waals surface area contributed by atoms with Gasteiger partial charge in [-0.1, -0.05) is 29.8 Å². The summed E-state index contributed by atoms with van der Waals surface area (Å²) in [5.74, 6) is 0.612. The molecule has 3 aromatic carbocycles. The molecule has 1 amide bonds. The Hall–Kier alpha value is -2.85. The lowest BCUT2D eigenvalue weighted by atomic mass is 10.1. The van der Waals surface area contributed by atoms with Gasteiger partial charge in [0.15, 0.2) is 12.4 Å². The van der Waals surface area contributed by atoms with Crippen molar-refractivity contribution >= 4 is 49.7 Å². The summed E-state index contributed by atoms with van der Waals surface area (Å²) in [6.07, 6.45) is 1.67. The van der Waals surface area contributed by atoms with E-state index in [0.29, 0.717) is 11.6 Å². The SMILES string of the molecule is O=C1COc2c(cccc2N2CCN(CCCCNS(=O)(=O)c3ccc4ccc(Cl)cc4c3)CC2)N1. The highest BCUT2D eigenvalue weighted by atomic mass is 35.5. The number of carbonyl (C=O) groups excluding carboxylic acids is 1. The van der Waals surface area contributed by atoms with E-state index in [1.54, 1.807) is 30.3 Å². The van der Waals surface area contributed by atoms with E-state index in [-0.39, 0.29) is 17.4 Å². The van der Waals surface area contributed by atoms with E-state index in [0.717, 1.165) is 73.5 Å². The van der Waals surface area contributed by atoms with Crippen molar-refractivity contribution in [2.75, 3.05) is 56.1 Å². The highest BCUT2D eigenvalue weighted by Gasteiger charge is 2.24. The molecule has 0 atom stereocenters. The normalized spacial score (nSPS) is 16.5. The molecule has 10 heteroatoms. The summed E-state index contributed by atoms with van der Waals surface area (Å²) in [4.78, 5) is 16.5. The third-order valence-corrected chi connectivity index (χ3v) is 8.30. The minimum absolute atomic E-state index is 0.0446. The quantitative estimate of drug-likeness (QED) is 0.433. The number of amides is 1. The van der Waals surface area contributed by atoms with Crippen molar-refractivity contribution < 1.29 is 17.9 Å². The van der Waals surface area contributed by atoms with Crippen molar-refractivity contribution in [3.63, 3.8) is 0 Å². The molecular formula is C26H29ClN4O4S. The number of anilines is 2. The molecule has 190 valence electrons. The summed E-state index contributed by atoms with van der Waals surface area (Å²) >= 11 is 6.05. The number of nitrogens with zero attached hydrogens (tertiary/aromatic N) is 2. The van der Waals surface area contributed by atoms with Gasteiger partial charge in [-0.15, -0.1) is 0 Å². The van der Waals surface area contributed by atoms with Gasteiger partial charge in [0, 0.05) is 37.7 Å². The Kier molecular flexibility index (Phi) is 7.34. The first-order valence-corrected chi connectivity index (χ1v) is 14.0. The first-order valence-electron chi connectivity index (χ1n) is 12.1. The van der Waals surface area contributed by atoms with Gasteiger partial charge in [-0.05, 0) is 66.6 Å². The molecular weight excluding hydrogens is 500 g/mol. The van der Waals surface area contributed by atoms with Crippen LogP contribution in [0.4, 0.5) is 11.4 Å². The Labute approximate surface area is 216 Å². The highest BCUT2D eigenvalue weighted by molar-refractivity contribution is 7.89. The Bertz CT molecular complexity index is 1370. The summed E-state index contributed by atoms with van der Waals surface area (Å²) in [7, 11) is -3.57. The van der Waals surface area contributed by atoms with Crippen LogP contribution in [-0.4, -0.2) is 65.1 Å². The minimum atomic E-state index is -3.57. The molecule has 0 aromatic heterocycles. The fourth-order valence-corrected chi connectivity index (χ4v) is 5.96. The Morgan fingerprint density at radius 3 is 2.61 bits per heavy atom. The Morgan fingerprint density at radius 2 is 1.78 bits per heavy atom. The van der Waals surface area contributed by atoms with Crippen molar-refractivity contribution in [1.82, 2.24) is 9.62 Å². The molecule has 0 aliphatic carbocycles. The molecule has 2 N–H and O–H groups in total. The maximum Gasteiger partial charge on any atom is 0.262 e. The third kappa shape index (κ3) is 5.59. The smallest absolute Gasteiger partial charge is 0.262 e. The van der Waals surface area contributed by atoms with E-state index in [4.69, 9.17) is 16.3 Å². The minimum Gasteiger partial charge on any atom is -0.479 e. The number of para-hydroxylation sites is 1. The zero-order valence-electron chi connectivity index (χ0n) is 19.9. The highest BCUT2D eigenvalue weighted by Crippen LogP contribution is 2.38. The van der Waals surface area contributed by atoms with Gasteiger partial charge in [0.25, 0.3) is 5.91 Å². The molecule has 0 unspecified atom stereocenters. The lowest BCUT2D eigenvalue weighted by Crippen LogP contribution is -2.47. The molecule has 0 saturated carbocycles. The summed E-state index contributed by atoms with van der Waals surface area (Å²) in [6, 6.07) is 16.3. The summed E-state index contributed by atoms with van der Waals surface area (Å²) in [5, 5.41) is 5.19. The number of hydrogen-bond acceptors (Lipinski definition) is 6. The van der Waals surface area contributed by atoms with Crippen molar-refractivity contribution in [3.05, 3.63) is 59.6 Å². The second-order valence-electron chi connectivity index (χ2n) is 9.08. The third-order valence-electron chi connectivity index (χ3n) is 6.61. The predicted octanol–water partition coefficient (Wildman–Crippen LogP) is 3.70. The van der Waals surface area contributed by atoms with Crippen molar-refractivity contribution in [1.29, 1.82) is 0 Å². The largest absolute Gasteiger partial charge is 0.479 e. The van der Waals surface area contributed by atoms with Crippen LogP contribution in [0.5, 0.6) is 5.75 Å². The van der Waals surface area contributed by atoms with Crippen LogP contribution in [0.15, 0.2) is 59.5 Å². The molecule has 8 nitrogen and oxygen atoms in total. The zero-order chi connectivity index (χ0) is 25.1. The predicted molar refractivity (Wildman–Crippen MR) is 143 cm³/mol. The van der Waals surface area contributed by atoms with Gasteiger partial charge in [-0.25, -0.2) is 13.1 Å². The van der Waals surface area contributed by atoms with E-state index in [2.05, 4.69) is 19.8 Å². The molecule has 1 fully saturated rings. The van der Waals surface area contributed by atoms with E-state index < -0.39 is 10.0 Å². The zero-order valence-corrected chi connectivity index (χ0v) is 21.4. The van der Waals surface area contributed by atoms with Crippen LogP contribution < -0.4 is 19.7 Å². The fraction of sp³-hybridized carbons (Fsp3) is 0.346. The second-order valence-corrected chi connectivity index (χ2v) is 11.3. The first kappa shape index (κ1) is 24.8. The summed E-state index contributed by atoms with van der Waals surface area (Å²) in [6.45, 7) is 4.93. The Morgan fingerprint density at radius 1 is 0.972 bits per heavy atom. The standard InChI is InChI=1S/C26H29ClN4O4S/c27-21-8-6-19-7-9-22(17-20(19)16-21)36(33,34)28-10-1-2-11-30-12-14-31(15-13-30)24-5-3-4-23-26(24)35-18-25(32)29-23/h3-9,16-17,28H,1-2,10-15,18H2,(H,29,32). The summed E-state index contributed by atoms with van der Waals surface area (Å²) in [5.41, 5.74) is 1.73. The van der Waals surface area contributed by atoms with Gasteiger partial charge in [-0.2, -0.15) is 0 Å². The molecule has 2 heterocycles. The van der Waals surface area contributed by atoms with E-state index in [1.807, 2.05) is 24.3 Å². The van der Waals surface area contributed by atoms with Crippen LogP contribution in [0, 0.1) is 0 Å². The van der Waals surface area contributed by atoms with Crippen LogP contribution in [0.3, 0.4) is 0 Å². The second kappa shape index (κ2) is 10.6. The van der Waals surface area contributed by atoms with Gasteiger partial charge in [-0.3, -0.25) is 9.69 Å². The number of halogens is 1. The Balaban J connectivity index is 1.07. The molecule has 2 aliphatic rings. The van der Waals surface area contributed by atoms with Crippen molar-refractivity contribution in [2.24, 2.45) is 0 Å². The number of ether oxygens (including phenoxy) is 1. The number of sulfonamides is 1. The lowest BCUT2D eigenvalue weighted by molar-refractivity contribution is -0.118. The fourth-order valence-electron chi connectivity index (χ4n) is 4.67. The van der Waals surface area contributed by atoms with E-state index >= 15 is 0 Å². The van der Waals surface area contributed by atoms with Gasteiger partial charge >= 0.3 is 0 Å². The average molecular weight is 529 g/mol. The number of rotatable bonds is 8. The van der Waals surface area contributed by atoms with Crippen LogP contribution in [0.1, 0.15) is 12.8 Å². The lowest BCUT2D eigenvalue weighted by Gasteiger charge is -2.37. The monoisotopic (exact) mass is 528 g/mol. The number of piperazine rings is 1. The van der Waals surface area contributed by atoms with E-state index in [9.17, 15) is 13.2 Å². The maximum absolute atomic E-state index is 12.7. The van der Waals surface area contributed by atoms with Gasteiger partial charge < -0.3 is 15.0 Å². The average Bonchev–Trinajstić information content (AvgIpc) is 2.88. The van der Waals surface area contributed by atoms with Crippen LogP contribution >= 0.6 is 11.6 Å². The summed E-state index contributed by atoms with van der Waals surface area (Å²) < 4.78 is 33.9. The van der Waals surface area contributed by atoms with Crippen LogP contribution in [0.2, 0.25) is 5.02 Å². The van der Waals surface area contributed by atoms with E-state index in [1.165, 1.54) is 0 Å². The molecule has 36 heavy (non-hydrogen) atoms. The number of nitrogens with one attached hydrogen (secondary N) is 2. The molecule has 3 aromatic rings. The topological polar surface area (TPSA) is 91.0 Å². The van der Waals surface area contributed by atoms with Gasteiger partial charge in [0.2, 0.25) is 10.0 Å². The first-order chi connectivity index (χ1) is 17.4. The number of fused-ring (bicyclic) bond motifs is 2. The number of unbranched alkanes of at least 4 members (excludes halogenated alkanes) is 1. The molecule has 5 rings (SSSR count). The van der Waals surface area contributed by atoms with Gasteiger partial charge in [0.1, 0.15) is 0 Å². The molecule has 0 radical (unpaired) electrons. The van der Waals surface area contributed by atoms with Crippen LogP contribution in [-0.2, 0) is 14.8 Å². The number of hydrogen-bond donors (Lipinski definition) is 2. The maximum atomic E-state index is 12.7. The number of carbonyl (C=O) groups is 1. The van der Waals surface area contributed by atoms with Crippen molar-refractivity contribution in [3.8, 4) is 5.75 Å². The molecule has 1 saturated heterocycles. The molecule has 0 bridgehead atoms. The molecule has 0 spiro atoms.